The van der Waals surface area contributed by atoms with Crippen molar-refractivity contribution in [3.05, 3.63) is 47.1 Å². The van der Waals surface area contributed by atoms with Gasteiger partial charge in [0.15, 0.2) is 6.10 Å². The molecule has 1 aliphatic rings. The summed E-state index contributed by atoms with van der Waals surface area (Å²) in [5, 5.41) is 11.2. The van der Waals surface area contributed by atoms with E-state index in [2.05, 4.69) is 26.5 Å². The van der Waals surface area contributed by atoms with Crippen LogP contribution in [0.4, 0.5) is 0 Å². The Labute approximate surface area is 234 Å². The highest BCUT2D eigenvalue weighted by molar-refractivity contribution is 7.46. The van der Waals surface area contributed by atoms with Crippen LogP contribution in [-0.4, -0.2) is 27.0 Å². The van der Waals surface area contributed by atoms with E-state index in [1.165, 1.54) is 5.57 Å². The van der Waals surface area contributed by atoms with Gasteiger partial charge in [-0.15, -0.1) is 0 Å². The van der Waals surface area contributed by atoms with Gasteiger partial charge in [0, 0.05) is 11.5 Å². The molecule has 0 spiro atoms. The number of carbonyl (C=O) groups is 1. The molecule has 1 unspecified atom stereocenters. The van der Waals surface area contributed by atoms with Crippen LogP contribution in [-0.2, 0) is 20.3 Å². The number of esters is 1. The molecular weight excluding hydrogens is 515 g/mol. The summed E-state index contributed by atoms with van der Waals surface area (Å²) in [6.45, 7) is 12.4. The van der Waals surface area contributed by atoms with Crippen LogP contribution >= 0.6 is 7.82 Å². The molecule has 7 nitrogen and oxygen atoms in total. The monoisotopic (exact) mass is 564 g/mol. The van der Waals surface area contributed by atoms with Crippen molar-refractivity contribution in [1.29, 1.82) is 0 Å². The number of phenols is 1. The minimum atomic E-state index is -4.92. The van der Waals surface area contributed by atoms with Gasteiger partial charge in [0.1, 0.15) is 11.5 Å². The molecule has 3 atom stereocenters. The number of aromatic hydroxyl groups is 1. The van der Waals surface area contributed by atoms with Crippen molar-refractivity contribution < 1.29 is 33.5 Å². The fraction of sp³-hybridized carbons (Fsp3) is 0.645. The largest absolute Gasteiger partial charge is 0.507 e. The number of phenolic OH excluding ortho intramolecular Hbond substituents is 1. The molecule has 1 aromatic rings. The number of rotatable bonds is 17. The molecular formula is C31H49O7P. The highest BCUT2D eigenvalue weighted by Crippen LogP contribution is 2.47. The molecule has 1 aliphatic carbocycles. The second-order valence-electron chi connectivity index (χ2n) is 11.1. The number of phosphoric ester groups is 1. The third kappa shape index (κ3) is 11.2. The fourth-order valence-electron chi connectivity index (χ4n) is 5.38. The van der Waals surface area contributed by atoms with Gasteiger partial charge in [0.2, 0.25) is 0 Å². The number of allylic oxidation sites excluding steroid dienone is 3. The molecule has 8 heteroatoms. The van der Waals surface area contributed by atoms with Gasteiger partial charge in [0.05, 0.1) is 0 Å². The van der Waals surface area contributed by atoms with Crippen molar-refractivity contribution in [3.8, 4) is 11.5 Å². The van der Waals surface area contributed by atoms with Gasteiger partial charge in [-0.2, -0.15) is 0 Å². The molecule has 0 saturated carbocycles. The van der Waals surface area contributed by atoms with Crippen molar-refractivity contribution in [2.24, 2.45) is 5.92 Å². The summed E-state index contributed by atoms with van der Waals surface area (Å²) in [7, 11) is -4.92. The zero-order valence-corrected chi connectivity index (χ0v) is 25.2. The Bertz CT molecular complexity index is 1030. The van der Waals surface area contributed by atoms with E-state index in [9.17, 15) is 24.3 Å². The molecule has 0 aliphatic heterocycles. The molecule has 39 heavy (non-hydrogen) atoms. The van der Waals surface area contributed by atoms with Crippen LogP contribution in [0.25, 0.3) is 0 Å². The van der Waals surface area contributed by atoms with E-state index in [-0.39, 0.29) is 29.8 Å². The van der Waals surface area contributed by atoms with Gasteiger partial charge >= 0.3 is 13.8 Å². The van der Waals surface area contributed by atoms with Crippen LogP contribution in [0.5, 0.6) is 11.5 Å². The van der Waals surface area contributed by atoms with E-state index in [4.69, 9.17) is 9.26 Å². The highest BCUT2D eigenvalue weighted by Gasteiger charge is 2.34. The van der Waals surface area contributed by atoms with Gasteiger partial charge < -0.3 is 19.6 Å². The van der Waals surface area contributed by atoms with Gasteiger partial charge in [0.25, 0.3) is 0 Å². The molecule has 0 bridgehead atoms. The molecule has 2 rings (SSSR count). The predicted molar refractivity (Wildman–Crippen MR) is 156 cm³/mol. The molecule has 0 saturated heterocycles. The Morgan fingerprint density at radius 2 is 1.72 bits per heavy atom. The van der Waals surface area contributed by atoms with Gasteiger partial charge in [-0.3, -0.25) is 4.52 Å². The third-order valence-electron chi connectivity index (χ3n) is 7.52. The summed E-state index contributed by atoms with van der Waals surface area (Å²) in [6, 6.07) is 3.53. The summed E-state index contributed by atoms with van der Waals surface area (Å²) < 4.78 is 22.5. The Kier molecular flexibility index (Phi) is 14.0. The highest BCUT2D eigenvalue weighted by atomic mass is 31.2. The number of hydrogen-bond acceptors (Lipinski definition) is 5. The molecule has 0 heterocycles. The first-order valence-electron chi connectivity index (χ1n) is 14.6. The van der Waals surface area contributed by atoms with E-state index in [0.717, 1.165) is 81.8 Å². The lowest BCUT2D eigenvalue weighted by molar-refractivity contribution is -0.143. The molecule has 0 aromatic heterocycles. The summed E-state index contributed by atoms with van der Waals surface area (Å²) in [5.74, 6) is -0.758. The molecule has 0 radical (unpaired) electrons. The second-order valence-corrected chi connectivity index (χ2v) is 12.3. The van der Waals surface area contributed by atoms with Crippen molar-refractivity contribution in [2.45, 2.75) is 123 Å². The van der Waals surface area contributed by atoms with Crippen LogP contribution in [0.3, 0.4) is 0 Å². The van der Waals surface area contributed by atoms with E-state index >= 15 is 0 Å². The average Bonchev–Trinajstić information content (AvgIpc) is 2.84. The molecule has 3 N–H and O–H groups in total. The Morgan fingerprint density at radius 1 is 1.08 bits per heavy atom. The first-order chi connectivity index (χ1) is 18.5. The molecule has 220 valence electrons. The predicted octanol–water partition coefficient (Wildman–Crippen LogP) is 8.27. The number of ether oxygens (including phenoxy) is 1. The van der Waals surface area contributed by atoms with E-state index in [1.54, 1.807) is 12.1 Å². The van der Waals surface area contributed by atoms with Crippen LogP contribution in [0.15, 0.2) is 35.9 Å². The molecule has 1 aromatic carbocycles. The Hall–Kier alpha value is -1.92. The number of aryl methyl sites for hydroxylation is 1. The zero-order valence-electron chi connectivity index (χ0n) is 24.3. The third-order valence-corrected chi connectivity index (χ3v) is 8.05. The Balaban J connectivity index is 2.40. The first-order valence-corrected chi connectivity index (χ1v) is 16.1. The van der Waals surface area contributed by atoms with Crippen LogP contribution in [0.2, 0.25) is 0 Å². The quantitative estimate of drug-likeness (QED) is 0.0573. The maximum atomic E-state index is 13.3. The summed E-state index contributed by atoms with van der Waals surface area (Å²) >= 11 is 0. The number of benzene rings is 1. The van der Waals surface area contributed by atoms with Gasteiger partial charge in [-0.1, -0.05) is 89.0 Å². The van der Waals surface area contributed by atoms with Gasteiger partial charge in [-0.05, 0) is 69.6 Å². The second kappa shape index (κ2) is 16.4. The minimum Gasteiger partial charge on any atom is -0.507 e. The van der Waals surface area contributed by atoms with Crippen molar-refractivity contribution in [3.63, 3.8) is 0 Å². The number of carbonyl (C=O) groups excluding carboxylic acids is 1. The SMILES string of the molecule is C=C(C)[C@@H]1CCC(C)=C[C@H]1c1c(O)cc(CCCCC)cc1OC(=O)C(CCCCCCCC)OP(=O)(O)O. The lowest BCUT2D eigenvalue weighted by Gasteiger charge is -2.32. The first kappa shape index (κ1) is 33.3. The maximum absolute atomic E-state index is 13.3. The number of hydrogen-bond donors (Lipinski definition) is 3. The van der Waals surface area contributed by atoms with E-state index in [1.807, 2.05) is 13.8 Å². The summed E-state index contributed by atoms with van der Waals surface area (Å²) in [5.41, 5.74) is 3.52. The van der Waals surface area contributed by atoms with Crippen LogP contribution < -0.4 is 4.74 Å². The van der Waals surface area contributed by atoms with Crippen molar-refractivity contribution in [1.82, 2.24) is 0 Å². The number of unbranched alkanes of at least 4 members (excludes halogenated alkanes) is 7. The number of phosphoric acid groups is 1. The van der Waals surface area contributed by atoms with Crippen molar-refractivity contribution >= 4 is 13.8 Å². The fourth-order valence-corrected chi connectivity index (χ4v) is 5.90. The average molecular weight is 565 g/mol. The summed E-state index contributed by atoms with van der Waals surface area (Å²) in [6.07, 6.45) is 12.1. The summed E-state index contributed by atoms with van der Waals surface area (Å²) in [4.78, 5) is 32.3. The molecule has 0 amide bonds. The Morgan fingerprint density at radius 3 is 2.36 bits per heavy atom. The van der Waals surface area contributed by atoms with E-state index < -0.39 is 19.9 Å². The zero-order chi connectivity index (χ0) is 29.0. The standard InChI is InChI=1S/C31H49O7P/c1-6-8-10-11-12-14-16-28(38-39(34,35)36)31(33)37-29-21-24(15-13-9-7-2)20-27(32)30(29)26-19-23(5)17-18-25(26)22(3)4/h19-21,25-26,28,32H,3,6-18H2,1-2,4-5H3,(H2,34,35,36)/t25-,26+,28?/m0/s1. The minimum absolute atomic E-state index is 0.0531. The van der Waals surface area contributed by atoms with Crippen LogP contribution in [0, 0.1) is 5.92 Å². The smallest absolute Gasteiger partial charge is 0.470 e. The lowest BCUT2D eigenvalue weighted by atomic mass is 9.73. The maximum Gasteiger partial charge on any atom is 0.470 e. The van der Waals surface area contributed by atoms with Crippen molar-refractivity contribution in [2.75, 3.05) is 0 Å². The van der Waals surface area contributed by atoms with E-state index in [0.29, 0.717) is 12.0 Å². The lowest BCUT2D eigenvalue weighted by Crippen LogP contribution is -2.29. The van der Waals surface area contributed by atoms with Crippen LogP contribution in [0.1, 0.15) is 122 Å². The van der Waals surface area contributed by atoms with Gasteiger partial charge in [-0.25, -0.2) is 9.36 Å². The topological polar surface area (TPSA) is 113 Å². The normalized spacial score (nSPS) is 18.5. The molecule has 0 fully saturated rings.